The second-order valence-electron chi connectivity index (χ2n) is 8.81. The predicted molar refractivity (Wildman–Crippen MR) is 124 cm³/mol. The van der Waals surface area contributed by atoms with E-state index in [1.54, 1.807) is 0 Å². The molecule has 0 amide bonds. The molecule has 210 valence electrons. The summed E-state index contributed by atoms with van der Waals surface area (Å²) in [7, 11) is 0. The average Bonchev–Trinajstić information content (AvgIpc) is 2.84. The van der Waals surface area contributed by atoms with Crippen molar-refractivity contribution in [2.45, 2.75) is 115 Å². The molecule has 0 saturated carbocycles. The van der Waals surface area contributed by atoms with Gasteiger partial charge in [0.1, 0.15) is 31.0 Å². The summed E-state index contributed by atoms with van der Waals surface area (Å²) >= 11 is 0. The number of hydrogen-bond donors (Lipinski definition) is 4. The van der Waals surface area contributed by atoms with Gasteiger partial charge in [-0.1, -0.05) is 39.5 Å². The van der Waals surface area contributed by atoms with Gasteiger partial charge in [0, 0.05) is 19.8 Å². The molecule has 0 unspecified atom stereocenters. The van der Waals surface area contributed by atoms with Gasteiger partial charge in [-0.05, 0) is 12.8 Å². The first kappa shape index (κ1) is 32.2. The molecule has 0 aromatic heterocycles. The molecule has 1 aliphatic heterocycles. The van der Waals surface area contributed by atoms with Crippen LogP contribution in [-0.4, -0.2) is 101 Å². The maximum absolute atomic E-state index is 12.5. The number of rotatable bonds is 17. The summed E-state index contributed by atoms with van der Waals surface area (Å²) in [6.45, 7) is 3.46. The van der Waals surface area contributed by atoms with Crippen LogP contribution in [0.4, 0.5) is 0 Å². The van der Waals surface area contributed by atoms with E-state index < -0.39 is 80.6 Å². The Kier molecular flexibility index (Phi) is 15.7. The molecule has 1 fully saturated rings. The second kappa shape index (κ2) is 17.6. The summed E-state index contributed by atoms with van der Waals surface area (Å²) in [6, 6.07) is 0. The zero-order valence-corrected chi connectivity index (χ0v) is 21.4. The Morgan fingerprint density at radius 3 is 1.94 bits per heavy atom. The highest BCUT2D eigenvalue weighted by Gasteiger charge is 2.51. The van der Waals surface area contributed by atoms with Gasteiger partial charge in [0.05, 0.1) is 13.2 Å². The first-order chi connectivity index (χ1) is 17.1. The van der Waals surface area contributed by atoms with E-state index in [1.807, 2.05) is 13.8 Å². The van der Waals surface area contributed by atoms with Gasteiger partial charge < -0.3 is 44.1 Å². The van der Waals surface area contributed by atoms with Crippen molar-refractivity contribution in [2.24, 2.45) is 0 Å². The smallest absolute Gasteiger partial charge is 0.306 e. The fraction of sp³-hybridized carbons (Fsp3) is 0.875. The molecule has 0 aliphatic carbocycles. The van der Waals surface area contributed by atoms with Gasteiger partial charge in [-0.2, -0.15) is 0 Å². The van der Waals surface area contributed by atoms with Gasteiger partial charge in [-0.15, -0.1) is 0 Å². The Morgan fingerprint density at radius 1 is 0.889 bits per heavy atom. The van der Waals surface area contributed by atoms with Crippen molar-refractivity contribution < 1.29 is 58.5 Å². The van der Waals surface area contributed by atoms with Gasteiger partial charge in [0.2, 0.25) is 0 Å². The number of carbonyl (C=O) groups is 3. The number of hydrogen-bond acceptors (Lipinski definition) is 12. The van der Waals surface area contributed by atoms with Crippen LogP contribution >= 0.6 is 0 Å². The predicted octanol–water partition coefficient (Wildman–Crippen LogP) is 0.350. The lowest BCUT2D eigenvalue weighted by Gasteiger charge is -2.43. The van der Waals surface area contributed by atoms with Crippen molar-refractivity contribution in [1.82, 2.24) is 0 Å². The highest BCUT2D eigenvalue weighted by molar-refractivity contribution is 5.71. The SMILES string of the molecule is CCCCCC(=O)O[C@@H]1[C@H](OC[C@@H](O)[C@H](O)CO)O[C@H](COC(C)=O)[C@@H](O)[C@@H]1OC(=O)CCCCC. The first-order valence-electron chi connectivity index (χ1n) is 12.6. The third-order valence-electron chi connectivity index (χ3n) is 5.64. The van der Waals surface area contributed by atoms with Crippen molar-refractivity contribution in [3.63, 3.8) is 0 Å². The van der Waals surface area contributed by atoms with E-state index in [0.29, 0.717) is 12.8 Å². The lowest BCUT2D eigenvalue weighted by molar-refractivity contribution is -0.311. The summed E-state index contributed by atoms with van der Waals surface area (Å²) in [5.74, 6) is -1.89. The minimum atomic E-state index is -1.53. The fourth-order valence-corrected chi connectivity index (χ4v) is 3.51. The van der Waals surface area contributed by atoms with Gasteiger partial charge in [-0.3, -0.25) is 14.4 Å². The molecule has 0 bridgehead atoms. The molecule has 1 heterocycles. The van der Waals surface area contributed by atoms with E-state index in [0.717, 1.165) is 25.7 Å². The van der Waals surface area contributed by atoms with Crippen LogP contribution in [0.3, 0.4) is 0 Å². The van der Waals surface area contributed by atoms with Gasteiger partial charge in [-0.25, -0.2) is 0 Å². The van der Waals surface area contributed by atoms with Gasteiger partial charge in [0.15, 0.2) is 18.5 Å². The number of aliphatic hydroxyl groups is 4. The second-order valence-corrected chi connectivity index (χ2v) is 8.81. The Labute approximate surface area is 211 Å². The summed E-state index contributed by atoms with van der Waals surface area (Å²) in [6.07, 6.45) is -5.36. The highest BCUT2D eigenvalue weighted by atomic mass is 16.7. The Morgan fingerprint density at radius 2 is 1.44 bits per heavy atom. The molecule has 1 aliphatic rings. The summed E-state index contributed by atoms with van der Waals surface area (Å²) < 4.78 is 27.2. The number of ether oxygens (including phenoxy) is 5. The van der Waals surface area contributed by atoms with Crippen molar-refractivity contribution >= 4 is 17.9 Å². The molecular formula is C24H42O12. The molecule has 7 atom stereocenters. The molecule has 0 aromatic carbocycles. The monoisotopic (exact) mass is 522 g/mol. The molecule has 4 N–H and O–H groups in total. The molecule has 1 rings (SSSR count). The molecular weight excluding hydrogens is 480 g/mol. The van der Waals surface area contributed by atoms with Crippen molar-refractivity contribution in [3.8, 4) is 0 Å². The van der Waals surface area contributed by atoms with Crippen LogP contribution in [0.15, 0.2) is 0 Å². The number of carbonyl (C=O) groups excluding carboxylic acids is 3. The third kappa shape index (κ3) is 11.5. The van der Waals surface area contributed by atoms with E-state index in [-0.39, 0.29) is 12.8 Å². The van der Waals surface area contributed by atoms with Gasteiger partial charge in [0.25, 0.3) is 0 Å². The third-order valence-corrected chi connectivity index (χ3v) is 5.64. The molecule has 1 saturated heterocycles. The molecule has 12 heteroatoms. The Bertz CT molecular complexity index is 657. The zero-order chi connectivity index (χ0) is 27.1. The molecule has 12 nitrogen and oxygen atoms in total. The minimum Gasteiger partial charge on any atom is -0.463 e. The topological polar surface area (TPSA) is 178 Å². The van der Waals surface area contributed by atoms with Crippen LogP contribution in [-0.2, 0) is 38.1 Å². The fourth-order valence-electron chi connectivity index (χ4n) is 3.51. The zero-order valence-electron chi connectivity index (χ0n) is 21.4. The van der Waals surface area contributed by atoms with Crippen LogP contribution in [0.25, 0.3) is 0 Å². The minimum absolute atomic E-state index is 0.0764. The van der Waals surface area contributed by atoms with E-state index in [4.69, 9.17) is 28.8 Å². The van der Waals surface area contributed by atoms with E-state index in [2.05, 4.69) is 0 Å². The normalized spacial score (nSPS) is 25.6. The molecule has 0 spiro atoms. The largest absolute Gasteiger partial charge is 0.463 e. The number of esters is 3. The average molecular weight is 523 g/mol. The van der Waals surface area contributed by atoms with E-state index >= 15 is 0 Å². The van der Waals surface area contributed by atoms with Crippen LogP contribution in [0, 0.1) is 0 Å². The molecule has 0 radical (unpaired) electrons. The van der Waals surface area contributed by atoms with Crippen molar-refractivity contribution in [2.75, 3.05) is 19.8 Å². The summed E-state index contributed by atoms with van der Waals surface area (Å²) in [4.78, 5) is 36.3. The van der Waals surface area contributed by atoms with Crippen molar-refractivity contribution in [1.29, 1.82) is 0 Å². The van der Waals surface area contributed by atoms with E-state index in [1.165, 1.54) is 6.92 Å². The van der Waals surface area contributed by atoms with Crippen LogP contribution in [0.5, 0.6) is 0 Å². The number of aliphatic hydroxyl groups excluding tert-OH is 4. The van der Waals surface area contributed by atoms with Crippen molar-refractivity contribution in [3.05, 3.63) is 0 Å². The Balaban J connectivity index is 3.14. The van der Waals surface area contributed by atoms with Crippen LogP contribution in [0.1, 0.15) is 72.1 Å². The molecule has 36 heavy (non-hydrogen) atoms. The highest BCUT2D eigenvalue weighted by Crippen LogP contribution is 2.29. The lowest BCUT2D eigenvalue weighted by atomic mass is 9.98. The van der Waals surface area contributed by atoms with Gasteiger partial charge >= 0.3 is 17.9 Å². The van der Waals surface area contributed by atoms with Crippen LogP contribution < -0.4 is 0 Å². The summed E-state index contributed by atoms with van der Waals surface area (Å²) in [5, 5.41) is 39.6. The maximum Gasteiger partial charge on any atom is 0.306 e. The standard InChI is InChI=1S/C24H42O12/c1-4-6-8-10-19(29)35-22-21(31)18(14-32-15(3)26)34-24(33-13-17(28)16(27)12-25)23(22)36-20(30)11-9-7-5-2/h16-18,21-25,27-28,31H,4-14H2,1-3H3/t16-,17-,18-,21-,22+,23+,24-/m1/s1. The Hall–Kier alpha value is -1.83. The quantitative estimate of drug-likeness (QED) is 0.117. The summed E-state index contributed by atoms with van der Waals surface area (Å²) in [5.41, 5.74) is 0. The maximum atomic E-state index is 12.5. The first-order valence-corrected chi connectivity index (χ1v) is 12.6. The lowest BCUT2D eigenvalue weighted by Crippen LogP contribution is -2.62. The van der Waals surface area contributed by atoms with Crippen LogP contribution in [0.2, 0.25) is 0 Å². The molecule has 0 aromatic rings. The number of unbranched alkanes of at least 4 members (excludes halogenated alkanes) is 4. The van der Waals surface area contributed by atoms with E-state index in [9.17, 15) is 29.7 Å².